The molecule has 0 radical (unpaired) electrons. The van der Waals surface area contributed by atoms with E-state index in [9.17, 15) is 9.59 Å². The summed E-state index contributed by atoms with van der Waals surface area (Å²) in [5.41, 5.74) is 6.29. The number of nitrogens with two attached hydrogens (primary N) is 1. The molecule has 1 atom stereocenters. The number of anilines is 2. The summed E-state index contributed by atoms with van der Waals surface area (Å²) >= 11 is 7.29. The van der Waals surface area contributed by atoms with Gasteiger partial charge in [-0.15, -0.1) is 11.3 Å². The van der Waals surface area contributed by atoms with Crippen molar-refractivity contribution in [3.63, 3.8) is 0 Å². The van der Waals surface area contributed by atoms with Crippen LogP contribution in [-0.4, -0.2) is 29.0 Å². The number of aromatic nitrogens is 1. The van der Waals surface area contributed by atoms with Crippen LogP contribution in [0.3, 0.4) is 0 Å². The Kier molecular flexibility index (Phi) is 6.34. The number of thiazole rings is 1. The molecule has 1 aliphatic carbocycles. The lowest BCUT2D eigenvalue weighted by Crippen LogP contribution is -2.47. The van der Waals surface area contributed by atoms with Crippen LogP contribution in [-0.2, 0) is 9.53 Å². The zero-order valence-electron chi connectivity index (χ0n) is 15.1. The summed E-state index contributed by atoms with van der Waals surface area (Å²) in [4.78, 5) is 31.5. The lowest BCUT2D eigenvalue weighted by atomic mass is 9.94. The minimum absolute atomic E-state index is 0.0877. The van der Waals surface area contributed by atoms with Crippen molar-refractivity contribution in [2.75, 3.05) is 10.6 Å². The van der Waals surface area contributed by atoms with Gasteiger partial charge in [0.25, 0.3) is 5.91 Å². The maximum Gasteiger partial charge on any atom is 0.338 e. The molecule has 1 unspecified atom stereocenters. The molecular weight excluding hydrogens is 386 g/mol. The first-order valence-electron chi connectivity index (χ1n) is 8.96. The molecule has 6 nitrogen and oxygen atoms in total. The molecule has 1 fully saturated rings. The van der Waals surface area contributed by atoms with Gasteiger partial charge in [-0.1, -0.05) is 30.9 Å². The van der Waals surface area contributed by atoms with Crippen LogP contribution in [0, 0.1) is 0 Å². The number of halogens is 1. The second-order valence-corrected chi connectivity index (χ2v) is 7.88. The SMILES string of the molecule is CC(OC(=O)c1ccc(Cl)c(N)c1)C(=O)N(c1nccs1)C1CCCCC1. The molecule has 1 amide bonds. The summed E-state index contributed by atoms with van der Waals surface area (Å²) in [6.45, 7) is 1.59. The van der Waals surface area contributed by atoms with E-state index < -0.39 is 12.1 Å². The Bertz CT molecular complexity index is 807. The Morgan fingerprint density at radius 1 is 1.33 bits per heavy atom. The normalized spacial score (nSPS) is 15.9. The number of carbonyl (C=O) groups is 2. The van der Waals surface area contributed by atoms with E-state index in [2.05, 4.69) is 4.98 Å². The van der Waals surface area contributed by atoms with Crippen molar-refractivity contribution in [1.29, 1.82) is 0 Å². The van der Waals surface area contributed by atoms with E-state index in [1.54, 1.807) is 18.0 Å². The number of ether oxygens (including phenoxy) is 1. The van der Waals surface area contributed by atoms with Gasteiger partial charge in [0.1, 0.15) is 0 Å². The smallest absolute Gasteiger partial charge is 0.338 e. The molecular formula is C19H22ClN3O3S. The lowest BCUT2D eigenvalue weighted by Gasteiger charge is -2.33. The van der Waals surface area contributed by atoms with Gasteiger partial charge >= 0.3 is 5.97 Å². The van der Waals surface area contributed by atoms with Crippen LogP contribution in [0.5, 0.6) is 0 Å². The number of esters is 1. The first kappa shape index (κ1) is 19.6. The van der Waals surface area contributed by atoms with E-state index in [4.69, 9.17) is 22.1 Å². The molecule has 2 N–H and O–H groups in total. The average Bonchev–Trinajstić information content (AvgIpc) is 3.19. The van der Waals surface area contributed by atoms with Crippen molar-refractivity contribution in [3.05, 3.63) is 40.4 Å². The largest absolute Gasteiger partial charge is 0.449 e. The standard InChI is InChI=1S/C19H22ClN3O3S/c1-12(26-18(25)13-7-8-15(20)16(21)11-13)17(24)23(19-22-9-10-27-19)14-5-3-2-4-6-14/h7-12,14H,2-6,21H2,1H3. The predicted octanol–water partition coefficient (Wildman–Crippen LogP) is 4.29. The van der Waals surface area contributed by atoms with E-state index in [-0.39, 0.29) is 23.2 Å². The fourth-order valence-corrected chi connectivity index (χ4v) is 4.09. The van der Waals surface area contributed by atoms with Gasteiger partial charge in [-0.05, 0) is 38.0 Å². The molecule has 1 aliphatic rings. The molecule has 0 aliphatic heterocycles. The topological polar surface area (TPSA) is 85.5 Å². The van der Waals surface area contributed by atoms with Gasteiger partial charge in [0.15, 0.2) is 11.2 Å². The Morgan fingerprint density at radius 2 is 2.07 bits per heavy atom. The predicted molar refractivity (Wildman–Crippen MR) is 107 cm³/mol. The van der Waals surface area contributed by atoms with E-state index in [1.807, 2.05) is 5.38 Å². The van der Waals surface area contributed by atoms with Crippen molar-refractivity contribution >= 4 is 45.6 Å². The molecule has 144 valence electrons. The third-order valence-corrected chi connectivity index (χ3v) is 5.78. The van der Waals surface area contributed by atoms with Gasteiger partial charge in [0, 0.05) is 17.6 Å². The highest BCUT2D eigenvalue weighted by Crippen LogP contribution is 2.30. The Balaban J connectivity index is 1.74. The highest BCUT2D eigenvalue weighted by Gasteiger charge is 2.33. The number of rotatable bonds is 5. The molecule has 8 heteroatoms. The van der Waals surface area contributed by atoms with Gasteiger partial charge in [0.2, 0.25) is 0 Å². The molecule has 2 aromatic rings. The number of nitrogen functional groups attached to an aromatic ring is 1. The minimum Gasteiger partial charge on any atom is -0.449 e. The van der Waals surface area contributed by atoms with Crippen molar-refractivity contribution in [1.82, 2.24) is 4.98 Å². The summed E-state index contributed by atoms with van der Waals surface area (Å²) in [6, 6.07) is 4.59. The first-order valence-corrected chi connectivity index (χ1v) is 10.2. The Morgan fingerprint density at radius 3 is 2.70 bits per heavy atom. The molecule has 3 rings (SSSR count). The van der Waals surface area contributed by atoms with Crippen LogP contribution >= 0.6 is 22.9 Å². The van der Waals surface area contributed by atoms with Crippen LogP contribution in [0.15, 0.2) is 29.8 Å². The summed E-state index contributed by atoms with van der Waals surface area (Å²) in [6.07, 6.45) is 5.95. The van der Waals surface area contributed by atoms with Gasteiger partial charge in [-0.3, -0.25) is 9.69 Å². The molecule has 27 heavy (non-hydrogen) atoms. The van der Waals surface area contributed by atoms with Crippen molar-refractivity contribution in [2.24, 2.45) is 0 Å². The van der Waals surface area contributed by atoms with Gasteiger partial charge in [-0.2, -0.15) is 0 Å². The first-order chi connectivity index (χ1) is 13.0. The van der Waals surface area contributed by atoms with Crippen LogP contribution in [0.4, 0.5) is 10.8 Å². The highest BCUT2D eigenvalue weighted by molar-refractivity contribution is 7.13. The van der Waals surface area contributed by atoms with Crippen LogP contribution < -0.4 is 10.6 Å². The van der Waals surface area contributed by atoms with Gasteiger partial charge in [-0.25, -0.2) is 9.78 Å². The fraction of sp³-hybridized carbons (Fsp3) is 0.421. The summed E-state index contributed by atoms with van der Waals surface area (Å²) in [5.74, 6) is -0.867. The maximum absolute atomic E-state index is 13.1. The number of hydrogen-bond acceptors (Lipinski definition) is 6. The van der Waals surface area contributed by atoms with Gasteiger partial charge in [0.05, 0.1) is 16.3 Å². The average molecular weight is 408 g/mol. The van der Waals surface area contributed by atoms with Gasteiger partial charge < -0.3 is 10.5 Å². The molecule has 0 bridgehead atoms. The number of carbonyl (C=O) groups excluding carboxylic acids is 2. The molecule has 1 saturated carbocycles. The number of benzene rings is 1. The summed E-state index contributed by atoms with van der Waals surface area (Å²) in [5, 5.41) is 2.85. The zero-order chi connectivity index (χ0) is 19.4. The third-order valence-electron chi connectivity index (χ3n) is 4.67. The second-order valence-electron chi connectivity index (χ2n) is 6.60. The zero-order valence-corrected chi connectivity index (χ0v) is 16.6. The number of hydrogen-bond donors (Lipinski definition) is 1. The van der Waals surface area contributed by atoms with Crippen LogP contribution in [0.2, 0.25) is 5.02 Å². The van der Waals surface area contributed by atoms with Crippen molar-refractivity contribution in [3.8, 4) is 0 Å². The van der Waals surface area contributed by atoms with E-state index >= 15 is 0 Å². The van der Waals surface area contributed by atoms with E-state index in [0.717, 1.165) is 25.7 Å². The number of nitrogens with zero attached hydrogens (tertiary/aromatic N) is 2. The minimum atomic E-state index is -0.930. The highest BCUT2D eigenvalue weighted by atomic mass is 35.5. The van der Waals surface area contributed by atoms with Crippen molar-refractivity contribution < 1.29 is 14.3 Å². The monoisotopic (exact) mass is 407 g/mol. The Hall–Kier alpha value is -2.12. The molecule has 1 heterocycles. The van der Waals surface area contributed by atoms with Crippen molar-refractivity contribution in [2.45, 2.75) is 51.2 Å². The fourth-order valence-electron chi connectivity index (χ4n) is 3.25. The summed E-state index contributed by atoms with van der Waals surface area (Å²) < 4.78 is 5.41. The maximum atomic E-state index is 13.1. The summed E-state index contributed by atoms with van der Waals surface area (Å²) in [7, 11) is 0. The van der Waals surface area contributed by atoms with E-state index in [1.165, 1.54) is 36.0 Å². The van der Waals surface area contributed by atoms with Crippen LogP contribution in [0.25, 0.3) is 0 Å². The second kappa shape index (κ2) is 8.71. The van der Waals surface area contributed by atoms with Crippen LogP contribution in [0.1, 0.15) is 49.4 Å². The number of amides is 1. The Labute approximate surface area is 167 Å². The molecule has 0 spiro atoms. The quantitative estimate of drug-likeness (QED) is 0.590. The third kappa shape index (κ3) is 4.59. The lowest BCUT2D eigenvalue weighted by molar-refractivity contribution is -0.127. The molecule has 1 aromatic heterocycles. The van der Waals surface area contributed by atoms with E-state index in [0.29, 0.717) is 10.2 Å². The molecule has 0 saturated heterocycles. The molecule has 1 aromatic carbocycles.